The summed E-state index contributed by atoms with van der Waals surface area (Å²) in [5.41, 5.74) is 5.43. The van der Waals surface area contributed by atoms with Crippen molar-refractivity contribution in [3.05, 3.63) is 88.1 Å². The van der Waals surface area contributed by atoms with Gasteiger partial charge in [-0.1, -0.05) is 33.8 Å². The molecule has 0 spiro atoms. The zero-order chi connectivity index (χ0) is 36.8. The number of aromatic amines is 2. The quantitative estimate of drug-likeness (QED) is 0.101. The van der Waals surface area contributed by atoms with Crippen molar-refractivity contribution in [3.63, 3.8) is 0 Å². The predicted octanol–water partition coefficient (Wildman–Crippen LogP) is 8.20. The fraction of sp³-hybridized carbons (Fsp3) is 0.390. The van der Waals surface area contributed by atoms with E-state index in [2.05, 4.69) is 85.4 Å². The molecule has 10 nitrogen and oxygen atoms in total. The third-order valence-corrected chi connectivity index (χ3v) is 11.8. The first kappa shape index (κ1) is 35.3. The van der Waals surface area contributed by atoms with Crippen molar-refractivity contribution in [3.8, 4) is 39.5 Å². The Hall–Kier alpha value is -4.78. The maximum absolute atomic E-state index is 16.5. The second-order valence-corrected chi connectivity index (χ2v) is 15.7. The lowest BCUT2D eigenvalue weighted by molar-refractivity contribution is -0.135. The van der Waals surface area contributed by atoms with Crippen molar-refractivity contribution in [1.29, 1.82) is 0 Å². The number of ether oxygens (including phenoxy) is 1. The van der Waals surface area contributed by atoms with Crippen LogP contribution in [0.1, 0.15) is 80.6 Å². The van der Waals surface area contributed by atoms with Gasteiger partial charge in [-0.25, -0.2) is 14.4 Å². The maximum atomic E-state index is 16.5. The molecule has 12 heteroatoms. The Labute approximate surface area is 313 Å². The number of carbonyl (C=O) groups is 1. The van der Waals surface area contributed by atoms with Gasteiger partial charge in [-0.15, -0.1) is 11.3 Å². The number of nitrogens with one attached hydrogen (secondary N) is 4. The van der Waals surface area contributed by atoms with Gasteiger partial charge in [0.1, 0.15) is 23.2 Å². The molecule has 8 rings (SSSR count). The highest BCUT2D eigenvalue weighted by molar-refractivity contribution is 7.12. The van der Waals surface area contributed by atoms with E-state index in [1.54, 1.807) is 23.6 Å². The third-order valence-electron chi connectivity index (χ3n) is 10.5. The Balaban J connectivity index is 1.15. The lowest BCUT2D eigenvalue weighted by Crippen LogP contribution is -2.48. The number of hydrogen-bond donors (Lipinski definition) is 4. The summed E-state index contributed by atoms with van der Waals surface area (Å²) in [6.45, 7) is 10.2. The van der Waals surface area contributed by atoms with E-state index in [4.69, 9.17) is 4.74 Å². The molecule has 6 heterocycles. The van der Waals surface area contributed by atoms with Crippen LogP contribution >= 0.6 is 11.3 Å². The highest BCUT2D eigenvalue weighted by atomic mass is 32.1. The number of nitrogens with zero attached hydrogens (tertiary/aromatic N) is 4. The smallest absolute Gasteiger partial charge is 0.240 e. The lowest BCUT2D eigenvalue weighted by atomic mass is 10.0. The zero-order valence-electron chi connectivity index (χ0n) is 30.9. The highest BCUT2D eigenvalue weighted by Crippen LogP contribution is 2.48. The molecule has 2 aromatic carbocycles. The number of H-pyrrole nitrogens is 2. The highest BCUT2D eigenvalue weighted by Gasteiger charge is 2.33. The number of aromatic nitrogens is 5. The average molecular weight is 735 g/mol. The summed E-state index contributed by atoms with van der Waals surface area (Å²) in [6.07, 6.45) is 7.11. The third kappa shape index (κ3) is 6.57. The number of aryl methyl sites for hydroxylation is 1. The van der Waals surface area contributed by atoms with Crippen LogP contribution in [0.4, 0.5) is 4.39 Å². The van der Waals surface area contributed by atoms with Crippen LogP contribution in [-0.4, -0.2) is 61.5 Å². The van der Waals surface area contributed by atoms with E-state index in [1.807, 2.05) is 38.1 Å². The van der Waals surface area contributed by atoms with Crippen molar-refractivity contribution >= 4 is 28.1 Å². The van der Waals surface area contributed by atoms with Crippen LogP contribution in [0.25, 0.3) is 44.7 Å². The molecule has 1 amide bonds. The normalized spacial score (nSPS) is 17.3. The molecule has 1 saturated heterocycles. The fourth-order valence-corrected chi connectivity index (χ4v) is 8.80. The first-order valence-electron chi connectivity index (χ1n) is 18.8. The van der Waals surface area contributed by atoms with Gasteiger partial charge in [0, 0.05) is 27.9 Å². The summed E-state index contributed by atoms with van der Waals surface area (Å²) in [5.74, 6) is 1.89. The van der Waals surface area contributed by atoms with Crippen LogP contribution in [0.3, 0.4) is 0 Å². The topological polar surface area (TPSA) is 116 Å². The molecule has 53 heavy (non-hydrogen) atoms. The van der Waals surface area contributed by atoms with E-state index >= 15 is 4.39 Å². The average Bonchev–Trinajstić information content (AvgIpc) is 4.00. The molecule has 0 aliphatic carbocycles. The minimum Gasteiger partial charge on any atom is -0.464 e. The number of rotatable bonds is 12. The summed E-state index contributed by atoms with van der Waals surface area (Å²) in [6, 6.07) is 16.1. The number of likely N-dealkylation sites (N-methyl/N-ethyl adjacent to an activating group) is 1. The Bertz CT molecular complexity index is 2260. The molecule has 0 radical (unpaired) electrons. The number of halogens is 1. The molecular formula is C41H47FN8O2S. The first-order valence-corrected chi connectivity index (χ1v) is 19.6. The van der Waals surface area contributed by atoms with Crippen molar-refractivity contribution in [2.24, 2.45) is 5.92 Å². The van der Waals surface area contributed by atoms with E-state index in [-0.39, 0.29) is 29.7 Å². The van der Waals surface area contributed by atoms with E-state index < -0.39 is 6.23 Å². The Kier molecular flexibility index (Phi) is 9.69. The van der Waals surface area contributed by atoms with Gasteiger partial charge in [0.25, 0.3) is 0 Å². The molecule has 4 aromatic heterocycles. The number of thiophene rings is 1. The summed E-state index contributed by atoms with van der Waals surface area (Å²) < 4.78 is 25.5. The standard InChI is InChI=1S/C41H47FN8O2S/c1-6-15-49(40(51)38(43-5)23(3)4)22-36-45-20-31(47-36)25-17-28(42)37-33-18-26-16-24(30-21-46-39(48-30)29-9-8-14-44-29)10-12-32(26)50(33)41(52-34(37)19-25)35-13-11-27(7-2)53-35/h10-13,16-21,23,29,38,41,43-44H,6-9,14-15,22H2,1-5H3,(H,45,47)(H,46,48)/t29-,38?,41?/m0/s1. The van der Waals surface area contributed by atoms with Crippen LogP contribution in [0.15, 0.2) is 60.9 Å². The van der Waals surface area contributed by atoms with Gasteiger partial charge in [0.05, 0.1) is 64.1 Å². The van der Waals surface area contributed by atoms with Gasteiger partial charge in [0.2, 0.25) is 12.1 Å². The van der Waals surface area contributed by atoms with Crippen molar-refractivity contribution in [1.82, 2.24) is 40.0 Å². The molecule has 276 valence electrons. The second-order valence-electron chi connectivity index (χ2n) is 14.5. The van der Waals surface area contributed by atoms with Gasteiger partial charge >= 0.3 is 0 Å². The second kappa shape index (κ2) is 14.6. The van der Waals surface area contributed by atoms with Gasteiger partial charge in [-0.2, -0.15) is 0 Å². The Morgan fingerprint density at radius 2 is 1.91 bits per heavy atom. The van der Waals surface area contributed by atoms with Crippen LogP contribution in [0.2, 0.25) is 0 Å². The minimum atomic E-state index is -0.472. The summed E-state index contributed by atoms with van der Waals surface area (Å²) in [7, 11) is 1.82. The fourth-order valence-electron chi connectivity index (χ4n) is 7.83. The van der Waals surface area contributed by atoms with Gasteiger partial charge in [0.15, 0.2) is 0 Å². The van der Waals surface area contributed by atoms with Crippen LogP contribution in [-0.2, 0) is 17.8 Å². The predicted molar refractivity (Wildman–Crippen MR) is 208 cm³/mol. The van der Waals surface area contributed by atoms with Crippen LogP contribution < -0.4 is 15.4 Å². The largest absolute Gasteiger partial charge is 0.464 e. The Morgan fingerprint density at radius 3 is 2.64 bits per heavy atom. The monoisotopic (exact) mass is 734 g/mol. The molecule has 4 N–H and O–H groups in total. The number of imidazole rings is 2. The SMILES string of the molecule is CCCN(Cc1ncc(-c2cc(F)c3c(c2)OC(c2ccc(CC)s2)n2c-3cc3cc(-c4cnc([C@@H]5CCCN5)[nH]4)ccc32)[nH]1)C(=O)C(NC)C(C)C. The zero-order valence-corrected chi connectivity index (χ0v) is 31.7. The van der Waals surface area contributed by atoms with E-state index in [1.165, 1.54) is 4.88 Å². The van der Waals surface area contributed by atoms with E-state index in [0.717, 1.165) is 70.8 Å². The summed E-state index contributed by atoms with van der Waals surface area (Å²) >= 11 is 1.72. The molecular weight excluding hydrogens is 688 g/mol. The van der Waals surface area contributed by atoms with Crippen molar-refractivity contribution < 1.29 is 13.9 Å². The molecule has 0 saturated carbocycles. The molecule has 2 aliphatic heterocycles. The number of amides is 1. The number of hydrogen-bond acceptors (Lipinski definition) is 7. The minimum absolute atomic E-state index is 0.0413. The number of fused-ring (bicyclic) bond motifs is 5. The van der Waals surface area contributed by atoms with Crippen LogP contribution in [0.5, 0.6) is 5.75 Å². The molecule has 3 atom stereocenters. The number of carbonyl (C=O) groups excluding carboxylic acids is 1. The molecule has 2 unspecified atom stereocenters. The lowest BCUT2D eigenvalue weighted by Gasteiger charge is -2.30. The molecule has 1 fully saturated rings. The summed E-state index contributed by atoms with van der Waals surface area (Å²) in [5, 5.41) is 7.67. The van der Waals surface area contributed by atoms with Crippen molar-refractivity contribution in [2.45, 2.75) is 78.2 Å². The van der Waals surface area contributed by atoms with Gasteiger partial charge in [-0.3, -0.25) is 9.36 Å². The Morgan fingerprint density at radius 1 is 1.08 bits per heavy atom. The van der Waals surface area contributed by atoms with E-state index in [0.29, 0.717) is 41.5 Å². The maximum Gasteiger partial charge on any atom is 0.240 e. The first-order chi connectivity index (χ1) is 25.8. The van der Waals surface area contributed by atoms with Gasteiger partial charge < -0.3 is 30.2 Å². The number of benzene rings is 2. The molecule has 0 bridgehead atoms. The van der Waals surface area contributed by atoms with Crippen molar-refractivity contribution in [2.75, 3.05) is 20.1 Å². The van der Waals surface area contributed by atoms with Crippen LogP contribution in [0, 0.1) is 11.7 Å². The van der Waals surface area contributed by atoms with E-state index in [9.17, 15) is 4.79 Å². The molecule has 6 aromatic rings. The van der Waals surface area contributed by atoms with Gasteiger partial charge in [-0.05, 0) is 87.7 Å². The molecule has 2 aliphatic rings. The summed E-state index contributed by atoms with van der Waals surface area (Å²) in [4.78, 5) is 33.8.